The predicted octanol–water partition coefficient (Wildman–Crippen LogP) is 2.84. The fraction of sp³-hybridized carbons (Fsp3) is 0.412. The van der Waals surface area contributed by atoms with E-state index in [4.69, 9.17) is 4.42 Å². The zero-order valence-electron chi connectivity index (χ0n) is 12.5. The van der Waals surface area contributed by atoms with Crippen molar-refractivity contribution < 1.29 is 9.21 Å². The Morgan fingerprint density at radius 1 is 1.36 bits per heavy atom. The van der Waals surface area contributed by atoms with Gasteiger partial charge in [-0.05, 0) is 31.0 Å². The number of benzene rings is 1. The molecule has 0 radical (unpaired) electrons. The number of hydrogen-bond donors (Lipinski definition) is 1. The van der Waals surface area contributed by atoms with Gasteiger partial charge < -0.3 is 9.73 Å². The zero-order chi connectivity index (χ0) is 15.5. The van der Waals surface area contributed by atoms with Crippen LogP contribution in [-0.2, 0) is 6.54 Å². The van der Waals surface area contributed by atoms with Crippen molar-refractivity contribution in [1.29, 1.82) is 0 Å². The van der Waals surface area contributed by atoms with Gasteiger partial charge >= 0.3 is 5.76 Å². The van der Waals surface area contributed by atoms with Crippen molar-refractivity contribution in [1.82, 2.24) is 9.88 Å². The van der Waals surface area contributed by atoms with E-state index >= 15 is 0 Å². The van der Waals surface area contributed by atoms with E-state index in [1.807, 2.05) is 0 Å². The zero-order valence-corrected chi connectivity index (χ0v) is 12.5. The molecule has 2 aromatic rings. The summed E-state index contributed by atoms with van der Waals surface area (Å²) in [6, 6.07) is 5.34. The minimum absolute atomic E-state index is 0.0902. The summed E-state index contributed by atoms with van der Waals surface area (Å²) >= 11 is 0. The average molecular weight is 300 g/mol. The Kier molecular flexibility index (Phi) is 4.13. The molecule has 0 saturated heterocycles. The summed E-state index contributed by atoms with van der Waals surface area (Å²) in [5, 5.41) is 3.08. The van der Waals surface area contributed by atoms with E-state index in [1.165, 1.54) is 23.8 Å². The topological polar surface area (TPSA) is 64.2 Å². The molecule has 0 atom stereocenters. The fourth-order valence-corrected chi connectivity index (χ4v) is 3.02. The van der Waals surface area contributed by atoms with Crippen LogP contribution in [-0.4, -0.2) is 16.5 Å². The Morgan fingerprint density at radius 3 is 2.86 bits per heavy atom. The van der Waals surface area contributed by atoms with E-state index in [1.54, 1.807) is 24.3 Å². The summed E-state index contributed by atoms with van der Waals surface area (Å²) in [5.41, 5.74) is 1.67. The van der Waals surface area contributed by atoms with Gasteiger partial charge in [-0.15, -0.1) is 6.58 Å². The third-order valence-corrected chi connectivity index (χ3v) is 4.18. The van der Waals surface area contributed by atoms with E-state index < -0.39 is 5.76 Å². The minimum Gasteiger partial charge on any atom is -0.408 e. The lowest BCUT2D eigenvalue weighted by Crippen LogP contribution is -2.36. The Morgan fingerprint density at radius 2 is 2.14 bits per heavy atom. The van der Waals surface area contributed by atoms with Crippen molar-refractivity contribution in [3.05, 3.63) is 47.0 Å². The first-order valence-corrected chi connectivity index (χ1v) is 7.74. The molecule has 22 heavy (non-hydrogen) atoms. The predicted molar refractivity (Wildman–Crippen MR) is 85.0 cm³/mol. The van der Waals surface area contributed by atoms with E-state index in [9.17, 15) is 9.59 Å². The molecule has 116 valence electrons. The second kappa shape index (κ2) is 6.22. The molecule has 1 fully saturated rings. The maximum absolute atomic E-state index is 12.4. The second-order valence-corrected chi connectivity index (χ2v) is 5.76. The fourth-order valence-electron chi connectivity index (χ4n) is 3.02. The lowest BCUT2D eigenvalue weighted by atomic mass is 9.95. The van der Waals surface area contributed by atoms with Crippen LogP contribution in [0.25, 0.3) is 11.1 Å². The van der Waals surface area contributed by atoms with Crippen LogP contribution in [0.15, 0.2) is 40.1 Å². The largest absolute Gasteiger partial charge is 0.420 e. The Hall–Kier alpha value is -2.30. The summed E-state index contributed by atoms with van der Waals surface area (Å²) in [7, 11) is 0. The van der Waals surface area contributed by atoms with Crippen LogP contribution >= 0.6 is 0 Å². The van der Waals surface area contributed by atoms with Crippen molar-refractivity contribution in [2.45, 2.75) is 44.7 Å². The number of carbonyl (C=O) groups excluding carboxylic acids is 1. The number of carbonyl (C=O) groups is 1. The van der Waals surface area contributed by atoms with Crippen molar-refractivity contribution in [2.75, 3.05) is 0 Å². The van der Waals surface area contributed by atoms with Gasteiger partial charge in [-0.25, -0.2) is 4.79 Å². The highest BCUT2D eigenvalue weighted by Crippen LogP contribution is 2.19. The molecular formula is C17H20N2O3. The summed E-state index contributed by atoms with van der Waals surface area (Å²) in [4.78, 5) is 24.2. The van der Waals surface area contributed by atoms with Gasteiger partial charge in [0.2, 0.25) is 0 Å². The lowest BCUT2D eigenvalue weighted by Gasteiger charge is -2.22. The van der Waals surface area contributed by atoms with Crippen LogP contribution in [0, 0.1) is 0 Å². The molecule has 1 amide bonds. The van der Waals surface area contributed by atoms with Crippen molar-refractivity contribution in [3.8, 4) is 0 Å². The molecule has 1 aliphatic carbocycles. The first-order chi connectivity index (χ1) is 10.7. The number of rotatable bonds is 4. The van der Waals surface area contributed by atoms with Crippen LogP contribution < -0.4 is 11.1 Å². The normalized spacial score (nSPS) is 15.8. The highest BCUT2D eigenvalue weighted by molar-refractivity contribution is 5.97. The van der Waals surface area contributed by atoms with Crippen LogP contribution in [0.3, 0.4) is 0 Å². The number of oxazole rings is 1. The van der Waals surface area contributed by atoms with Crippen LogP contribution in [0.2, 0.25) is 0 Å². The molecule has 3 rings (SSSR count). The van der Waals surface area contributed by atoms with Gasteiger partial charge in [-0.1, -0.05) is 25.3 Å². The highest BCUT2D eigenvalue weighted by atomic mass is 16.4. The monoisotopic (exact) mass is 300 g/mol. The first-order valence-electron chi connectivity index (χ1n) is 7.74. The number of hydrogen-bond acceptors (Lipinski definition) is 3. The summed E-state index contributed by atoms with van der Waals surface area (Å²) in [6.45, 7) is 4.00. The quantitative estimate of drug-likeness (QED) is 0.883. The molecule has 5 nitrogen and oxygen atoms in total. The number of aromatic nitrogens is 1. The van der Waals surface area contributed by atoms with Crippen molar-refractivity contribution in [3.63, 3.8) is 0 Å². The van der Waals surface area contributed by atoms with Gasteiger partial charge in [-0.3, -0.25) is 9.36 Å². The maximum Gasteiger partial charge on any atom is 0.420 e. The third kappa shape index (κ3) is 2.84. The van der Waals surface area contributed by atoms with Gasteiger partial charge in [0.1, 0.15) is 0 Å². The molecule has 0 unspecified atom stereocenters. The molecule has 1 heterocycles. The second-order valence-electron chi connectivity index (χ2n) is 5.76. The van der Waals surface area contributed by atoms with E-state index in [2.05, 4.69) is 11.9 Å². The number of nitrogens with zero attached hydrogens (tertiary/aromatic N) is 1. The number of amides is 1. The van der Waals surface area contributed by atoms with E-state index in [0.29, 0.717) is 23.2 Å². The number of allylic oxidation sites excluding steroid dienone is 1. The van der Waals surface area contributed by atoms with E-state index in [-0.39, 0.29) is 11.9 Å². The minimum atomic E-state index is -0.431. The van der Waals surface area contributed by atoms with Crippen LogP contribution in [0.5, 0.6) is 0 Å². The first kappa shape index (κ1) is 14.6. The highest BCUT2D eigenvalue weighted by Gasteiger charge is 2.18. The van der Waals surface area contributed by atoms with Gasteiger partial charge in [-0.2, -0.15) is 0 Å². The lowest BCUT2D eigenvalue weighted by molar-refractivity contribution is 0.0928. The molecule has 0 aliphatic heterocycles. The maximum atomic E-state index is 12.4. The van der Waals surface area contributed by atoms with Gasteiger partial charge in [0.05, 0.1) is 5.52 Å². The molecule has 1 N–H and O–H groups in total. The molecule has 1 aromatic carbocycles. The summed E-state index contributed by atoms with van der Waals surface area (Å²) in [6.07, 6.45) is 7.31. The SMILES string of the molecule is C=CCn1c(=O)oc2ccc(C(=O)NC3CCCCC3)cc21. The summed E-state index contributed by atoms with van der Waals surface area (Å²) < 4.78 is 6.64. The molecule has 1 saturated carbocycles. The van der Waals surface area contributed by atoms with Crippen LogP contribution in [0.1, 0.15) is 42.5 Å². The Balaban J connectivity index is 1.86. The summed E-state index contributed by atoms with van der Waals surface area (Å²) in [5.74, 6) is -0.521. The molecule has 5 heteroatoms. The molecule has 1 aliphatic rings. The van der Waals surface area contributed by atoms with Crippen molar-refractivity contribution in [2.24, 2.45) is 0 Å². The standard InChI is InChI=1S/C17H20N2O3/c1-2-10-19-14-11-12(8-9-15(14)22-17(19)21)16(20)18-13-6-4-3-5-7-13/h2,8-9,11,13H,1,3-7,10H2,(H,18,20). The molecular weight excluding hydrogens is 280 g/mol. The van der Waals surface area contributed by atoms with Crippen molar-refractivity contribution >= 4 is 17.0 Å². The molecule has 0 spiro atoms. The van der Waals surface area contributed by atoms with Gasteiger partial charge in [0, 0.05) is 18.2 Å². The average Bonchev–Trinajstić information content (AvgIpc) is 2.84. The molecule has 1 aromatic heterocycles. The van der Waals surface area contributed by atoms with E-state index in [0.717, 1.165) is 12.8 Å². The molecule has 0 bridgehead atoms. The van der Waals surface area contributed by atoms with Gasteiger partial charge in [0.15, 0.2) is 5.58 Å². The number of fused-ring (bicyclic) bond motifs is 1. The Labute approximate surface area is 128 Å². The van der Waals surface area contributed by atoms with Gasteiger partial charge in [0.25, 0.3) is 5.91 Å². The smallest absolute Gasteiger partial charge is 0.408 e. The van der Waals surface area contributed by atoms with Crippen LogP contribution in [0.4, 0.5) is 0 Å². The Bertz CT molecular complexity index is 751. The third-order valence-electron chi connectivity index (χ3n) is 4.18. The number of nitrogens with one attached hydrogen (secondary N) is 1.